The first-order valence-electron chi connectivity index (χ1n) is 7.59. The van der Waals surface area contributed by atoms with Crippen LogP contribution in [0.1, 0.15) is 28.3 Å². The molecule has 24 heavy (non-hydrogen) atoms. The molecule has 0 aliphatic heterocycles. The van der Waals surface area contributed by atoms with Crippen LogP contribution in [-0.4, -0.2) is 7.11 Å². The second kappa shape index (κ2) is 7.16. The molecule has 3 N–H and O–H groups in total. The highest BCUT2D eigenvalue weighted by Gasteiger charge is 2.20. The number of rotatable bonds is 5. The number of nitrogens with one attached hydrogen (secondary N) is 1. The average Bonchev–Trinajstić information content (AvgIpc) is 3.06. The van der Waals surface area contributed by atoms with E-state index in [9.17, 15) is 0 Å². The van der Waals surface area contributed by atoms with Crippen LogP contribution in [-0.2, 0) is 6.42 Å². The molecule has 120 valence electrons. The van der Waals surface area contributed by atoms with Crippen LogP contribution in [0.5, 0.6) is 5.75 Å². The first kappa shape index (κ1) is 16.0. The van der Waals surface area contributed by atoms with Gasteiger partial charge in [0.15, 0.2) is 0 Å². The van der Waals surface area contributed by atoms with Crippen LogP contribution in [0.4, 0.5) is 5.13 Å². The fourth-order valence-electron chi connectivity index (χ4n) is 2.74. The summed E-state index contributed by atoms with van der Waals surface area (Å²) in [5.74, 6) is 0.969. The number of aromatic nitrogens is 1. The third kappa shape index (κ3) is 3.55. The lowest BCUT2D eigenvalue weighted by atomic mass is 9.89. The van der Waals surface area contributed by atoms with Crippen molar-refractivity contribution in [2.75, 3.05) is 12.8 Å². The predicted molar refractivity (Wildman–Crippen MR) is 95.0 cm³/mol. The fraction of sp³-hybridized carbons (Fsp3) is 0.158. The molecule has 3 aromatic rings. The maximum atomic E-state index is 9.11. The van der Waals surface area contributed by atoms with Crippen molar-refractivity contribution in [2.24, 2.45) is 0 Å². The van der Waals surface area contributed by atoms with Gasteiger partial charge < -0.3 is 4.74 Å². The number of benzene rings is 2. The molecule has 0 spiro atoms. The van der Waals surface area contributed by atoms with Crippen LogP contribution in [0.15, 0.2) is 53.9 Å². The minimum absolute atomic E-state index is 0.137. The van der Waals surface area contributed by atoms with Crippen LogP contribution < -0.4 is 15.5 Å². The minimum Gasteiger partial charge on any atom is -0.497 e. The molecule has 0 saturated heterocycles. The Labute approximate surface area is 145 Å². The highest BCUT2D eigenvalue weighted by molar-refractivity contribution is 7.13. The van der Waals surface area contributed by atoms with E-state index in [1.165, 1.54) is 16.9 Å². The number of aromatic amines is 1. The van der Waals surface area contributed by atoms with Gasteiger partial charge in [0.25, 0.3) is 0 Å². The van der Waals surface area contributed by atoms with Gasteiger partial charge in [0, 0.05) is 5.38 Å². The summed E-state index contributed by atoms with van der Waals surface area (Å²) in [4.78, 5) is 3.25. The number of nitrogens with two attached hydrogens (primary N) is 1. The molecular weight excluding hydrogens is 318 g/mol. The number of anilines is 1. The van der Waals surface area contributed by atoms with Crippen molar-refractivity contribution in [3.8, 4) is 11.8 Å². The normalized spacial score (nSPS) is 11.7. The van der Waals surface area contributed by atoms with Gasteiger partial charge in [-0.05, 0) is 41.8 Å². The van der Waals surface area contributed by atoms with Crippen LogP contribution in [0.2, 0.25) is 0 Å². The summed E-state index contributed by atoms with van der Waals surface area (Å²) in [6.45, 7) is 0. The maximum absolute atomic E-state index is 9.11. The van der Waals surface area contributed by atoms with Crippen molar-refractivity contribution in [3.05, 3.63) is 76.3 Å². The molecule has 1 heterocycles. The molecule has 2 aromatic carbocycles. The topological polar surface area (TPSA) is 73.2 Å². The van der Waals surface area contributed by atoms with E-state index in [2.05, 4.69) is 28.6 Å². The number of hydrogen-bond donors (Lipinski definition) is 1. The molecule has 0 fully saturated rings. The standard InChI is InChI=1S/C19H17N3OS/c1-23-16-7-5-15(6-8-16)17(18-12-24-19(21)22-18)10-13-3-2-4-14(9-13)11-20/h2-9,12,17H,10H2,1H3,(H2,21,22)/p+1. The number of H-pyrrole nitrogens is 1. The largest absolute Gasteiger partial charge is 0.497 e. The summed E-state index contributed by atoms with van der Waals surface area (Å²) in [7, 11) is 1.66. The molecule has 0 saturated carbocycles. The number of ether oxygens (including phenoxy) is 1. The van der Waals surface area contributed by atoms with Gasteiger partial charge in [0.1, 0.15) is 11.4 Å². The third-order valence-electron chi connectivity index (χ3n) is 3.97. The second-order valence-electron chi connectivity index (χ2n) is 5.52. The molecular formula is C19H18N3OS+. The average molecular weight is 336 g/mol. The zero-order chi connectivity index (χ0) is 16.9. The summed E-state index contributed by atoms with van der Waals surface area (Å²) in [5.41, 5.74) is 9.92. The number of hydrogen-bond acceptors (Lipinski definition) is 4. The lowest BCUT2D eigenvalue weighted by molar-refractivity contribution is -0.368. The van der Waals surface area contributed by atoms with Crippen molar-refractivity contribution in [3.63, 3.8) is 0 Å². The zero-order valence-corrected chi connectivity index (χ0v) is 14.1. The summed E-state index contributed by atoms with van der Waals surface area (Å²) in [6.07, 6.45) is 0.786. The minimum atomic E-state index is 0.137. The Balaban J connectivity index is 1.96. The maximum Gasteiger partial charge on any atom is 0.329 e. The van der Waals surface area contributed by atoms with Crippen molar-refractivity contribution in [2.45, 2.75) is 12.3 Å². The van der Waals surface area contributed by atoms with E-state index in [0.29, 0.717) is 10.7 Å². The number of nitrogens with zero attached hydrogens (tertiary/aromatic N) is 1. The van der Waals surface area contributed by atoms with Crippen LogP contribution >= 0.6 is 11.3 Å². The highest BCUT2D eigenvalue weighted by atomic mass is 32.1. The lowest BCUT2D eigenvalue weighted by Gasteiger charge is -2.15. The Hall–Kier alpha value is -2.84. The Morgan fingerprint density at radius 2 is 2.04 bits per heavy atom. The molecule has 5 heteroatoms. The van der Waals surface area contributed by atoms with Gasteiger partial charge in [0.2, 0.25) is 0 Å². The number of methoxy groups -OCH3 is 1. The molecule has 0 radical (unpaired) electrons. The lowest BCUT2D eigenvalue weighted by Crippen LogP contribution is -2.17. The Morgan fingerprint density at radius 3 is 2.67 bits per heavy atom. The molecule has 1 aromatic heterocycles. The SMILES string of the molecule is COc1ccc(C(Cc2cccc(C#N)c2)c2csc(N)[nH+]2)cc1. The molecule has 0 amide bonds. The van der Waals surface area contributed by atoms with Crippen LogP contribution in [0, 0.1) is 11.3 Å². The Kier molecular flexibility index (Phi) is 4.78. The van der Waals surface area contributed by atoms with Crippen molar-refractivity contribution in [1.82, 2.24) is 0 Å². The molecule has 1 atom stereocenters. The number of nitriles is 1. The summed E-state index contributed by atoms with van der Waals surface area (Å²) in [6, 6.07) is 18.0. The van der Waals surface area contributed by atoms with Crippen molar-refractivity contribution < 1.29 is 9.72 Å². The van der Waals surface area contributed by atoms with Crippen molar-refractivity contribution >= 4 is 16.5 Å². The zero-order valence-electron chi connectivity index (χ0n) is 13.3. The summed E-state index contributed by atoms with van der Waals surface area (Å²) >= 11 is 1.50. The fourth-order valence-corrected chi connectivity index (χ4v) is 3.40. The van der Waals surface area contributed by atoms with Gasteiger partial charge in [0.05, 0.1) is 24.7 Å². The van der Waals surface area contributed by atoms with E-state index >= 15 is 0 Å². The van der Waals surface area contributed by atoms with E-state index in [4.69, 9.17) is 15.7 Å². The van der Waals surface area contributed by atoms with Crippen molar-refractivity contribution in [1.29, 1.82) is 5.26 Å². The van der Waals surface area contributed by atoms with E-state index in [1.54, 1.807) is 7.11 Å². The van der Waals surface area contributed by atoms with Gasteiger partial charge in [-0.3, -0.25) is 5.73 Å². The van der Waals surface area contributed by atoms with E-state index in [1.807, 2.05) is 36.4 Å². The number of thiazole rings is 1. The first-order valence-corrected chi connectivity index (χ1v) is 8.46. The Morgan fingerprint density at radius 1 is 1.25 bits per heavy atom. The van der Waals surface area contributed by atoms with Crippen LogP contribution in [0.25, 0.3) is 0 Å². The first-order chi connectivity index (χ1) is 11.7. The highest BCUT2D eigenvalue weighted by Crippen LogP contribution is 2.29. The second-order valence-corrected chi connectivity index (χ2v) is 6.43. The summed E-state index contributed by atoms with van der Waals surface area (Å²) in [5, 5.41) is 11.8. The molecule has 3 rings (SSSR count). The van der Waals surface area contributed by atoms with Gasteiger partial charge >= 0.3 is 5.13 Å². The monoisotopic (exact) mass is 336 g/mol. The van der Waals surface area contributed by atoms with Gasteiger partial charge in [-0.1, -0.05) is 35.6 Å². The molecule has 0 aliphatic rings. The summed E-state index contributed by atoms with van der Waals surface area (Å²) < 4.78 is 5.25. The van der Waals surface area contributed by atoms with E-state index in [-0.39, 0.29) is 5.92 Å². The van der Waals surface area contributed by atoms with E-state index in [0.717, 1.165) is 23.4 Å². The quantitative estimate of drug-likeness (QED) is 0.776. The smallest absolute Gasteiger partial charge is 0.329 e. The molecule has 1 unspecified atom stereocenters. The predicted octanol–water partition coefficient (Wildman–Crippen LogP) is 3.40. The van der Waals surface area contributed by atoms with Crippen LogP contribution in [0.3, 0.4) is 0 Å². The molecule has 4 nitrogen and oxygen atoms in total. The molecule has 0 bridgehead atoms. The van der Waals surface area contributed by atoms with E-state index < -0.39 is 0 Å². The third-order valence-corrected chi connectivity index (χ3v) is 4.70. The van der Waals surface area contributed by atoms with Gasteiger partial charge in [-0.15, -0.1) is 0 Å². The van der Waals surface area contributed by atoms with Gasteiger partial charge in [-0.25, -0.2) is 4.98 Å². The van der Waals surface area contributed by atoms with Gasteiger partial charge in [-0.2, -0.15) is 5.26 Å². The Bertz CT molecular complexity index is 865. The number of nitrogen functional groups attached to an aromatic ring is 1. The molecule has 0 aliphatic carbocycles.